The Morgan fingerprint density at radius 2 is 2.00 bits per heavy atom. The van der Waals surface area contributed by atoms with E-state index < -0.39 is 12.0 Å². The highest BCUT2D eigenvalue weighted by molar-refractivity contribution is 7.98. The maximum atomic E-state index is 12.9. The van der Waals surface area contributed by atoms with Gasteiger partial charge in [-0.15, -0.1) is 0 Å². The second-order valence-electron chi connectivity index (χ2n) is 8.64. The standard InChI is InChI=1S/C25H34N4O4S/c1-34-13-11-22(25(32)33)27-23(30)17-28(16-20-9-5-12-29(20)24(31)14-26)15-19-8-4-7-18-6-2-3-10-21(18)19/h2-4,6-8,10,20,22H,5,9,11-17,26H2,1H3,(H,27,30)(H,32,33)/t20-,22?/m0/s1. The lowest BCUT2D eigenvalue weighted by atomic mass is 10.0. The van der Waals surface area contributed by atoms with Gasteiger partial charge in [-0.25, -0.2) is 4.79 Å². The molecule has 3 rings (SSSR count). The molecule has 2 atom stereocenters. The Morgan fingerprint density at radius 3 is 2.74 bits per heavy atom. The van der Waals surface area contributed by atoms with Gasteiger partial charge in [0.2, 0.25) is 11.8 Å². The fraction of sp³-hybridized carbons (Fsp3) is 0.480. The summed E-state index contributed by atoms with van der Waals surface area (Å²) in [6.45, 7) is 1.72. The first-order valence-corrected chi connectivity index (χ1v) is 13.0. The van der Waals surface area contributed by atoms with Crippen molar-refractivity contribution in [3.8, 4) is 0 Å². The number of thioether (sulfide) groups is 1. The van der Waals surface area contributed by atoms with Crippen LogP contribution in [0.15, 0.2) is 42.5 Å². The summed E-state index contributed by atoms with van der Waals surface area (Å²) in [5, 5.41) is 14.4. The minimum atomic E-state index is -1.03. The molecule has 2 aromatic carbocycles. The van der Waals surface area contributed by atoms with Crippen LogP contribution in [0.1, 0.15) is 24.8 Å². The summed E-state index contributed by atoms with van der Waals surface area (Å²) in [6, 6.07) is 13.3. The van der Waals surface area contributed by atoms with Crippen LogP contribution in [-0.2, 0) is 20.9 Å². The minimum absolute atomic E-state index is 0.0226. The normalized spacial score (nSPS) is 16.7. The molecule has 0 saturated carbocycles. The molecule has 1 saturated heterocycles. The summed E-state index contributed by atoms with van der Waals surface area (Å²) in [7, 11) is 0. The molecule has 0 spiro atoms. The van der Waals surface area contributed by atoms with Gasteiger partial charge in [-0.2, -0.15) is 11.8 Å². The number of nitrogens with zero attached hydrogens (tertiary/aromatic N) is 2. The van der Waals surface area contributed by atoms with Crippen LogP contribution in [0.4, 0.5) is 0 Å². The number of hydrogen-bond acceptors (Lipinski definition) is 6. The van der Waals surface area contributed by atoms with Crippen molar-refractivity contribution in [1.29, 1.82) is 0 Å². The van der Waals surface area contributed by atoms with Gasteiger partial charge in [0.15, 0.2) is 0 Å². The molecule has 1 fully saturated rings. The van der Waals surface area contributed by atoms with Crippen LogP contribution in [0.5, 0.6) is 0 Å². The quantitative estimate of drug-likeness (QED) is 0.420. The van der Waals surface area contributed by atoms with Crippen molar-refractivity contribution < 1.29 is 19.5 Å². The van der Waals surface area contributed by atoms with Crippen molar-refractivity contribution in [3.63, 3.8) is 0 Å². The third-order valence-electron chi connectivity index (χ3n) is 6.23. The zero-order chi connectivity index (χ0) is 24.5. The molecule has 0 bridgehead atoms. The van der Waals surface area contributed by atoms with Gasteiger partial charge in [0, 0.05) is 25.7 Å². The number of hydrogen-bond donors (Lipinski definition) is 3. The van der Waals surface area contributed by atoms with Crippen LogP contribution in [0.2, 0.25) is 0 Å². The SMILES string of the molecule is CSCCC(NC(=O)CN(Cc1cccc2ccccc12)C[C@@H]1CCCN1C(=O)CN)C(=O)O. The average Bonchev–Trinajstić information content (AvgIpc) is 3.29. The van der Waals surface area contributed by atoms with E-state index in [1.807, 2.05) is 40.3 Å². The van der Waals surface area contributed by atoms with Crippen molar-refractivity contribution in [2.45, 2.75) is 37.9 Å². The van der Waals surface area contributed by atoms with Crippen LogP contribution in [0, 0.1) is 0 Å². The van der Waals surface area contributed by atoms with Gasteiger partial charge < -0.3 is 21.1 Å². The number of carbonyl (C=O) groups is 3. The Morgan fingerprint density at radius 1 is 1.24 bits per heavy atom. The number of aliphatic carboxylic acids is 1. The third kappa shape index (κ3) is 6.94. The van der Waals surface area contributed by atoms with Gasteiger partial charge in [-0.05, 0) is 47.6 Å². The zero-order valence-corrected chi connectivity index (χ0v) is 20.4. The number of benzene rings is 2. The van der Waals surface area contributed by atoms with E-state index in [-0.39, 0.29) is 30.9 Å². The molecule has 4 N–H and O–H groups in total. The van der Waals surface area contributed by atoms with Crippen molar-refractivity contribution in [2.24, 2.45) is 5.73 Å². The second-order valence-corrected chi connectivity index (χ2v) is 9.62. The molecule has 34 heavy (non-hydrogen) atoms. The Kier molecular flexibility index (Phi) is 9.74. The fourth-order valence-electron chi connectivity index (χ4n) is 4.56. The number of carboxylic acid groups (broad SMARTS) is 1. The summed E-state index contributed by atoms with van der Waals surface area (Å²) in [4.78, 5) is 40.6. The maximum Gasteiger partial charge on any atom is 0.326 e. The summed E-state index contributed by atoms with van der Waals surface area (Å²) in [5.74, 6) is -0.795. The molecule has 0 aromatic heterocycles. The molecule has 2 aromatic rings. The molecule has 0 aliphatic carbocycles. The van der Waals surface area contributed by atoms with Crippen LogP contribution in [0.25, 0.3) is 10.8 Å². The highest BCUT2D eigenvalue weighted by Crippen LogP contribution is 2.23. The highest BCUT2D eigenvalue weighted by atomic mass is 32.2. The van der Waals surface area contributed by atoms with E-state index in [9.17, 15) is 19.5 Å². The molecule has 8 nitrogen and oxygen atoms in total. The largest absolute Gasteiger partial charge is 0.480 e. The number of likely N-dealkylation sites (tertiary alicyclic amines) is 1. The number of carbonyl (C=O) groups excluding carboxylic acids is 2. The van der Waals surface area contributed by atoms with E-state index in [1.54, 1.807) is 11.8 Å². The predicted octanol–water partition coefficient (Wildman–Crippen LogP) is 1.91. The summed E-state index contributed by atoms with van der Waals surface area (Å²) >= 11 is 1.54. The summed E-state index contributed by atoms with van der Waals surface area (Å²) < 4.78 is 0. The van der Waals surface area contributed by atoms with Gasteiger partial charge in [0.05, 0.1) is 13.1 Å². The number of fused-ring (bicyclic) bond motifs is 1. The summed E-state index contributed by atoms with van der Waals surface area (Å²) in [5.41, 5.74) is 6.69. The Hall–Kier alpha value is -2.62. The van der Waals surface area contributed by atoms with Crippen molar-refractivity contribution >= 4 is 40.3 Å². The first kappa shape index (κ1) is 26.0. The lowest BCUT2D eigenvalue weighted by molar-refractivity contribution is -0.142. The number of carboxylic acids is 1. The summed E-state index contributed by atoms with van der Waals surface area (Å²) in [6.07, 6.45) is 4.03. The monoisotopic (exact) mass is 486 g/mol. The lowest BCUT2D eigenvalue weighted by Gasteiger charge is -2.31. The number of nitrogens with one attached hydrogen (secondary N) is 1. The topological polar surface area (TPSA) is 116 Å². The Bertz CT molecular complexity index is 997. The van der Waals surface area contributed by atoms with E-state index in [0.717, 1.165) is 29.2 Å². The second kappa shape index (κ2) is 12.7. The molecule has 184 valence electrons. The molecule has 9 heteroatoms. The average molecular weight is 487 g/mol. The smallest absolute Gasteiger partial charge is 0.326 e. The van der Waals surface area contributed by atoms with Gasteiger partial charge in [-0.3, -0.25) is 14.5 Å². The molecule has 1 unspecified atom stereocenters. The van der Waals surface area contributed by atoms with E-state index in [4.69, 9.17) is 5.73 Å². The van der Waals surface area contributed by atoms with E-state index in [0.29, 0.717) is 31.8 Å². The van der Waals surface area contributed by atoms with Gasteiger partial charge >= 0.3 is 5.97 Å². The highest BCUT2D eigenvalue weighted by Gasteiger charge is 2.30. The predicted molar refractivity (Wildman–Crippen MR) is 136 cm³/mol. The van der Waals surface area contributed by atoms with Crippen LogP contribution >= 0.6 is 11.8 Å². The zero-order valence-electron chi connectivity index (χ0n) is 19.6. The van der Waals surface area contributed by atoms with E-state index >= 15 is 0 Å². The molecule has 1 aliphatic rings. The number of rotatable bonds is 12. The fourth-order valence-corrected chi connectivity index (χ4v) is 5.03. The molecule has 1 heterocycles. The van der Waals surface area contributed by atoms with Crippen molar-refractivity contribution in [2.75, 3.05) is 38.2 Å². The minimum Gasteiger partial charge on any atom is -0.480 e. The number of nitrogens with two attached hydrogens (primary N) is 1. The third-order valence-corrected chi connectivity index (χ3v) is 6.87. The molecule has 2 amide bonds. The lowest BCUT2D eigenvalue weighted by Crippen LogP contribution is -2.49. The first-order valence-electron chi connectivity index (χ1n) is 11.6. The maximum absolute atomic E-state index is 12.9. The number of amides is 2. The first-order chi connectivity index (χ1) is 16.4. The van der Waals surface area contributed by atoms with Gasteiger partial charge in [-0.1, -0.05) is 42.5 Å². The molecule has 1 aliphatic heterocycles. The van der Waals surface area contributed by atoms with Crippen LogP contribution < -0.4 is 11.1 Å². The van der Waals surface area contributed by atoms with Crippen molar-refractivity contribution in [1.82, 2.24) is 15.1 Å². The van der Waals surface area contributed by atoms with Crippen molar-refractivity contribution in [3.05, 3.63) is 48.0 Å². The van der Waals surface area contributed by atoms with Crippen LogP contribution in [-0.4, -0.2) is 83.0 Å². The molecular formula is C25H34N4O4S. The molecular weight excluding hydrogens is 452 g/mol. The van der Waals surface area contributed by atoms with Gasteiger partial charge in [0.25, 0.3) is 0 Å². The van der Waals surface area contributed by atoms with Gasteiger partial charge in [0.1, 0.15) is 6.04 Å². The van der Waals surface area contributed by atoms with E-state index in [2.05, 4.69) is 23.5 Å². The Balaban J connectivity index is 1.79. The van der Waals surface area contributed by atoms with Crippen LogP contribution in [0.3, 0.4) is 0 Å². The Labute approximate surface area is 204 Å². The van der Waals surface area contributed by atoms with E-state index in [1.165, 1.54) is 0 Å². The molecule has 0 radical (unpaired) electrons.